The number of imide groups is 1. The first-order valence-electron chi connectivity index (χ1n) is 11.9. The van der Waals surface area contributed by atoms with Crippen LogP contribution in [0.2, 0.25) is 0 Å². The van der Waals surface area contributed by atoms with Crippen LogP contribution >= 0.6 is 0 Å². The second kappa shape index (κ2) is 8.85. The van der Waals surface area contributed by atoms with Gasteiger partial charge in [0.15, 0.2) is 0 Å². The SMILES string of the molecule is CC1CC(C)(C)CC2(C1)NC(=O)N(CC(=O)N1CCCN(Cc3ccccc3)CC1)C2=O. The van der Waals surface area contributed by atoms with Gasteiger partial charge in [-0.05, 0) is 42.6 Å². The van der Waals surface area contributed by atoms with E-state index in [0.717, 1.165) is 37.4 Å². The van der Waals surface area contributed by atoms with Gasteiger partial charge in [-0.3, -0.25) is 19.4 Å². The van der Waals surface area contributed by atoms with Gasteiger partial charge < -0.3 is 10.2 Å². The van der Waals surface area contributed by atoms with Crippen LogP contribution in [-0.2, 0) is 16.1 Å². The zero-order valence-corrected chi connectivity index (χ0v) is 19.6. The average Bonchev–Trinajstić information content (AvgIpc) is 2.88. The van der Waals surface area contributed by atoms with Gasteiger partial charge in [0.2, 0.25) is 5.91 Å². The Balaban J connectivity index is 1.36. The number of benzene rings is 1. The van der Waals surface area contributed by atoms with Crippen molar-refractivity contribution >= 4 is 17.8 Å². The van der Waals surface area contributed by atoms with Crippen molar-refractivity contribution in [2.45, 2.75) is 58.5 Å². The Labute approximate surface area is 191 Å². The largest absolute Gasteiger partial charge is 0.340 e. The molecule has 3 fully saturated rings. The zero-order valence-electron chi connectivity index (χ0n) is 19.6. The fraction of sp³-hybridized carbons (Fsp3) is 0.640. The first kappa shape index (κ1) is 22.8. The number of urea groups is 1. The van der Waals surface area contributed by atoms with Gasteiger partial charge in [-0.2, -0.15) is 0 Å². The van der Waals surface area contributed by atoms with Crippen molar-refractivity contribution in [1.82, 2.24) is 20.0 Å². The summed E-state index contributed by atoms with van der Waals surface area (Å²) in [5, 5.41) is 2.97. The molecule has 2 heterocycles. The molecule has 0 radical (unpaired) electrons. The Bertz CT molecular complexity index is 871. The van der Waals surface area contributed by atoms with E-state index in [-0.39, 0.29) is 23.8 Å². The van der Waals surface area contributed by atoms with Crippen LogP contribution in [0, 0.1) is 11.3 Å². The lowest BCUT2D eigenvalue weighted by Gasteiger charge is -2.43. The Hall–Kier alpha value is -2.41. The summed E-state index contributed by atoms with van der Waals surface area (Å²) in [5.74, 6) is -0.0221. The Kier molecular flexibility index (Phi) is 6.30. The molecule has 3 aliphatic rings. The zero-order chi connectivity index (χ0) is 22.9. The predicted molar refractivity (Wildman–Crippen MR) is 123 cm³/mol. The highest BCUT2D eigenvalue weighted by molar-refractivity contribution is 6.09. The molecule has 32 heavy (non-hydrogen) atoms. The summed E-state index contributed by atoms with van der Waals surface area (Å²) in [7, 11) is 0. The molecule has 4 amide bonds. The quantitative estimate of drug-likeness (QED) is 0.731. The summed E-state index contributed by atoms with van der Waals surface area (Å²) in [4.78, 5) is 44.4. The van der Waals surface area contributed by atoms with E-state index in [0.29, 0.717) is 31.8 Å². The minimum atomic E-state index is -0.857. The van der Waals surface area contributed by atoms with Gasteiger partial charge >= 0.3 is 6.03 Å². The number of nitrogens with zero attached hydrogens (tertiary/aromatic N) is 3. The average molecular weight is 441 g/mol. The topological polar surface area (TPSA) is 73.0 Å². The van der Waals surface area contributed by atoms with Crippen molar-refractivity contribution in [3.8, 4) is 0 Å². The first-order valence-corrected chi connectivity index (χ1v) is 11.9. The van der Waals surface area contributed by atoms with Crippen molar-refractivity contribution < 1.29 is 14.4 Å². The van der Waals surface area contributed by atoms with E-state index in [1.165, 1.54) is 5.56 Å². The highest BCUT2D eigenvalue weighted by atomic mass is 16.2. The Morgan fingerprint density at radius 1 is 1.06 bits per heavy atom. The van der Waals surface area contributed by atoms with E-state index < -0.39 is 11.6 Å². The van der Waals surface area contributed by atoms with Crippen LogP contribution in [-0.4, -0.2) is 70.8 Å². The van der Waals surface area contributed by atoms with Gasteiger partial charge in [0.05, 0.1) is 0 Å². The number of nitrogens with one attached hydrogen (secondary N) is 1. The monoisotopic (exact) mass is 440 g/mol. The van der Waals surface area contributed by atoms with Gasteiger partial charge in [0.1, 0.15) is 12.1 Å². The molecule has 1 aromatic rings. The molecule has 1 saturated carbocycles. The fourth-order valence-electron chi connectivity index (χ4n) is 6.10. The molecule has 7 heteroatoms. The third-order valence-electron chi connectivity index (χ3n) is 7.11. The van der Waals surface area contributed by atoms with Crippen LogP contribution in [0.15, 0.2) is 30.3 Å². The molecule has 7 nitrogen and oxygen atoms in total. The maximum absolute atomic E-state index is 13.3. The Morgan fingerprint density at radius 3 is 2.53 bits per heavy atom. The third-order valence-corrected chi connectivity index (χ3v) is 7.11. The molecule has 1 aliphatic carbocycles. The van der Waals surface area contributed by atoms with Crippen molar-refractivity contribution in [2.24, 2.45) is 11.3 Å². The second-order valence-corrected chi connectivity index (χ2v) is 10.8. The van der Waals surface area contributed by atoms with Gasteiger partial charge in [-0.1, -0.05) is 51.1 Å². The third kappa shape index (κ3) is 4.82. The lowest BCUT2D eigenvalue weighted by Crippen LogP contribution is -2.54. The molecule has 2 atom stereocenters. The summed E-state index contributed by atoms with van der Waals surface area (Å²) in [6.45, 7) is 10.1. The molecule has 2 unspecified atom stereocenters. The molecule has 2 saturated heterocycles. The second-order valence-electron chi connectivity index (χ2n) is 10.8. The van der Waals surface area contributed by atoms with E-state index in [1.807, 2.05) is 23.1 Å². The molecule has 0 bridgehead atoms. The van der Waals surface area contributed by atoms with Crippen molar-refractivity contribution in [3.05, 3.63) is 35.9 Å². The minimum absolute atomic E-state index is 0.0202. The van der Waals surface area contributed by atoms with E-state index in [9.17, 15) is 14.4 Å². The van der Waals surface area contributed by atoms with Crippen LogP contribution in [0.4, 0.5) is 4.79 Å². The van der Waals surface area contributed by atoms with Crippen LogP contribution < -0.4 is 5.32 Å². The van der Waals surface area contributed by atoms with Crippen molar-refractivity contribution in [1.29, 1.82) is 0 Å². The molecular formula is C25H36N4O3. The molecule has 1 N–H and O–H groups in total. The van der Waals surface area contributed by atoms with E-state index in [2.05, 4.69) is 43.1 Å². The van der Waals surface area contributed by atoms with Gasteiger partial charge in [0, 0.05) is 32.7 Å². The normalized spacial score (nSPS) is 28.7. The number of rotatable bonds is 4. The molecular weight excluding hydrogens is 404 g/mol. The van der Waals surface area contributed by atoms with E-state index >= 15 is 0 Å². The highest BCUT2D eigenvalue weighted by Crippen LogP contribution is 2.46. The minimum Gasteiger partial charge on any atom is -0.340 e. The molecule has 0 aromatic heterocycles. The number of amides is 4. The number of carbonyl (C=O) groups is 3. The smallest absolute Gasteiger partial charge is 0.325 e. The fourth-order valence-corrected chi connectivity index (χ4v) is 6.10. The molecule has 1 aromatic carbocycles. The molecule has 2 aliphatic heterocycles. The summed E-state index contributed by atoms with van der Waals surface area (Å²) in [5.41, 5.74) is 0.388. The van der Waals surface area contributed by atoms with Crippen LogP contribution in [0.25, 0.3) is 0 Å². The number of hydrogen-bond acceptors (Lipinski definition) is 4. The maximum Gasteiger partial charge on any atom is 0.325 e. The van der Waals surface area contributed by atoms with E-state index in [4.69, 9.17) is 0 Å². The molecule has 1 spiro atoms. The summed E-state index contributed by atoms with van der Waals surface area (Å²) >= 11 is 0. The highest BCUT2D eigenvalue weighted by Gasteiger charge is 2.56. The molecule has 4 rings (SSSR count). The van der Waals surface area contributed by atoms with Crippen LogP contribution in [0.5, 0.6) is 0 Å². The predicted octanol–water partition coefficient (Wildman–Crippen LogP) is 2.86. The lowest BCUT2D eigenvalue weighted by molar-refractivity contribution is -0.140. The van der Waals surface area contributed by atoms with Crippen molar-refractivity contribution in [2.75, 3.05) is 32.7 Å². The number of hydrogen-bond donors (Lipinski definition) is 1. The maximum atomic E-state index is 13.3. The van der Waals surface area contributed by atoms with Gasteiger partial charge in [-0.15, -0.1) is 0 Å². The summed E-state index contributed by atoms with van der Waals surface area (Å²) in [6, 6.07) is 9.92. The van der Waals surface area contributed by atoms with Crippen LogP contribution in [0.1, 0.15) is 52.0 Å². The first-order chi connectivity index (χ1) is 15.2. The van der Waals surface area contributed by atoms with Crippen molar-refractivity contribution in [3.63, 3.8) is 0 Å². The standard InChI is InChI=1S/C25H36N4O3/c1-19-14-24(2,3)18-25(15-19)22(31)29(23(32)26-25)17-21(30)28-11-7-10-27(12-13-28)16-20-8-5-4-6-9-20/h4-6,8-9,19H,7,10-18H2,1-3H3,(H,26,32). The van der Waals surface area contributed by atoms with Gasteiger partial charge in [0.25, 0.3) is 5.91 Å². The number of carbonyl (C=O) groups excluding carboxylic acids is 3. The molecule has 174 valence electrons. The van der Waals surface area contributed by atoms with E-state index in [1.54, 1.807) is 0 Å². The summed E-state index contributed by atoms with van der Waals surface area (Å²) < 4.78 is 0. The lowest BCUT2D eigenvalue weighted by atomic mass is 9.64. The van der Waals surface area contributed by atoms with Gasteiger partial charge in [-0.25, -0.2) is 4.79 Å². The Morgan fingerprint density at radius 2 is 1.81 bits per heavy atom. The van der Waals surface area contributed by atoms with Crippen LogP contribution in [0.3, 0.4) is 0 Å². The summed E-state index contributed by atoms with van der Waals surface area (Å²) in [6.07, 6.45) is 3.18.